The first-order valence-electron chi connectivity index (χ1n) is 5.97. The zero-order valence-electron chi connectivity index (χ0n) is 10.9. The summed E-state index contributed by atoms with van der Waals surface area (Å²) < 4.78 is 36.9. The Balaban J connectivity index is 2.67. The normalized spacial score (nSPS) is 10.3. The molecule has 0 saturated heterocycles. The highest BCUT2D eigenvalue weighted by Gasteiger charge is 2.19. The molecule has 110 valence electrons. The number of amides is 1. The first kappa shape index (κ1) is 16.0. The van der Waals surface area contributed by atoms with Gasteiger partial charge in [0, 0.05) is 13.0 Å². The standard InChI is InChI=1S/C13H15F2NO4/c1-2-19-6-5-8(17)7-20-10-4-3-9(14)11(12(10)15)13(16)18/h3-4H,2,5-7H2,1H3,(H2,16,18). The zero-order valence-corrected chi connectivity index (χ0v) is 10.9. The van der Waals surface area contributed by atoms with Crippen LogP contribution in [0.5, 0.6) is 5.75 Å². The van der Waals surface area contributed by atoms with Crippen LogP contribution in [0, 0.1) is 11.6 Å². The molecule has 0 aliphatic heterocycles. The van der Waals surface area contributed by atoms with Crippen molar-refractivity contribution in [3.8, 4) is 5.75 Å². The Hall–Kier alpha value is -2.02. The zero-order chi connectivity index (χ0) is 15.1. The van der Waals surface area contributed by atoms with Gasteiger partial charge < -0.3 is 15.2 Å². The molecule has 0 aliphatic rings. The molecular weight excluding hydrogens is 272 g/mol. The van der Waals surface area contributed by atoms with Crippen LogP contribution in [0.1, 0.15) is 23.7 Å². The molecular formula is C13H15F2NO4. The van der Waals surface area contributed by atoms with Crippen LogP contribution in [0.15, 0.2) is 12.1 Å². The van der Waals surface area contributed by atoms with E-state index in [1.165, 1.54) is 0 Å². The summed E-state index contributed by atoms with van der Waals surface area (Å²) in [5.41, 5.74) is 3.98. The summed E-state index contributed by atoms with van der Waals surface area (Å²) in [7, 11) is 0. The molecule has 0 aliphatic carbocycles. The Kier molecular flexibility index (Phi) is 6.05. The Morgan fingerprint density at radius 2 is 2.00 bits per heavy atom. The van der Waals surface area contributed by atoms with Crippen LogP contribution < -0.4 is 10.5 Å². The second-order valence-electron chi connectivity index (χ2n) is 3.87. The topological polar surface area (TPSA) is 78.6 Å². The molecule has 0 fully saturated rings. The van der Waals surface area contributed by atoms with Crippen molar-refractivity contribution in [2.75, 3.05) is 19.8 Å². The van der Waals surface area contributed by atoms with Crippen LogP contribution in [0.4, 0.5) is 8.78 Å². The van der Waals surface area contributed by atoms with E-state index < -0.39 is 35.5 Å². The molecule has 0 spiro atoms. The van der Waals surface area contributed by atoms with Gasteiger partial charge in [-0.1, -0.05) is 0 Å². The molecule has 1 aromatic carbocycles. The number of halogens is 2. The average molecular weight is 287 g/mol. The highest BCUT2D eigenvalue weighted by atomic mass is 19.1. The summed E-state index contributed by atoms with van der Waals surface area (Å²) in [5.74, 6) is -4.24. The highest BCUT2D eigenvalue weighted by molar-refractivity contribution is 5.93. The van der Waals surface area contributed by atoms with Gasteiger partial charge in [0.15, 0.2) is 17.3 Å². The maximum absolute atomic E-state index is 13.7. The summed E-state index contributed by atoms with van der Waals surface area (Å²) in [6, 6.07) is 1.84. The fourth-order valence-electron chi connectivity index (χ4n) is 1.43. The first-order chi connectivity index (χ1) is 9.47. The lowest BCUT2D eigenvalue weighted by Crippen LogP contribution is -2.18. The predicted molar refractivity (Wildman–Crippen MR) is 66.5 cm³/mol. The number of hydrogen-bond acceptors (Lipinski definition) is 4. The van der Waals surface area contributed by atoms with E-state index in [0.717, 1.165) is 12.1 Å². The molecule has 5 nitrogen and oxygen atoms in total. The molecule has 7 heteroatoms. The minimum absolute atomic E-state index is 0.124. The van der Waals surface area contributed by atoms with E-state index in [9.17, 15) is 18.4 Å². The minimum atomic E-state index is -1.24. The molecule has 2 N–H and O–H groups in total. The summed E-state index contributed by atoms with van der Waals surface area (Å²) in [6.45, 7) is 2.13. The summed E-state index contributed by atoms with van der Waals surface area (Å²) in [4.78, 5) is 22.3. The molecule has 0 unspecified atom stereocenters. The molecule has 1 rings (SSSR count). The lowest BCUT2D eigenvalue weighted by molar-refractivity contribution is -0.122. The summed E-state index contributed by atoms with van der Waals surface area (Å²) >= 11 is 0. The maximum Gasteiger partial charge on any atom is 0.254 e. The molecule has 0 saturated carbocycles. The molecule has 1 aromatic rings. The number of carbonyl (C=O) groups is 2. The number of ether oxygens (including phenoxy) is 2. The Labute approximate surface area is 114 Å². The maximum atomic E-state index is 13.7. The van der Waals surface area contributed by atoms with E-state index in [-0.39, 0.29) is 18.8 Å². The number of ketones is 1. The lowest BCUT2D eigenvalue weighted by atomic mass is 10.1. The van der Waals surface area contributed by atoms with Gasteiger partial charge in [0.2, 0.25) is 0 Å². The van der Waals surface area contributed by atoms with Crippen LogP contribution in [0.25, 0.3) is 0 Å². The molecule has 0 bridgehead atoms. The second kappa shape index (κ2) is 7.54. The fraction of sp³-hybridized carbons (Fsp3) is 0.385. The number of rotatable bonds is 8. The monoisotopic (exact) mass is 287 g/mol. The van der Waals surface area contributed by atoms with Gasteiger partial charge in [-0.05, 0) is 19.1 Å². The van der Waals surface area contributed by atoms with Crippen LogP contribution in [-0.4, -0.2) is 31.5 Å². The van der Waals surface area contributed by atoms with Gasteiger partial charge in [0.1, 0.15) is 18.0 Å². The van der Waals surface area contributed by atoms with Crippen molar-refractivity contribution < 1.29 is 27.8 Å². The molecule has 0 aromatic heterocycles. The summed E-state index contributed by atoms with van der Waals surface area (Å²) in [6.07, 6.45) is 0.124. The highest BCUT2D eigenvalue weighted by Crippen LogP contribution is 2.22. The summed E-state index contributed by atoms with van der Waals surface area (Å²) in [5, 5.41) is 0. The van der Waals surface area contributed by atoms with E-state index in [1.54, 1.807) is 6.92 Å². The smallest absolute Gasteiger partial charge is 0.254 e. The number of Topliss-reactive ketones (excluding diaryl/α,β-unsaturated/α-hetero) is 1. The quantitative estimate of drug-likeness (QED) is 0.734. The second-order valence-corrected chi connectivity index (χ2v) is 3.87. The van der Waals surface area contributed by atoms with Crippen molar-refractivity contribution in [1.29, 1.82) is 0 Å². The van der Waals surface area contributed by atoms with Crippen LogP contribution in [0.2, 0.25) is 0 Å². The van der Waals surface area contributed by atoms with Gasteiger partial charge in [0.05, 0.1) is 6.61 Å². The van der Waals surface area contributed by atoms with Crippen molar-refractivity contribution in [2.24, 2.45) is 5.73 Å². The van der Waals surface area contributed by atoms with Gasteiger partial charge in [-0.25, -0.2) is 8.78 Å². The van der Waals surface area contributed by atoms with E-state index in [1.807, 2.05) is 0 Å². The van der Waals surface area contributed by atoms with E-state index in [0.29, 0.717) is 6.61 Å². The van der Waals surface area contributed by atoms with E-state index >= 15 is 0 Å². The third kappa shape index (κ3) is 4.27. The largest absolute Gasteiger partial charge is 0.483 e. The Bertz CT molecular complexity index is 505. The van der Waals surface area contributed by atoms with Crippen molar-refractivity contribution in [3.63, 3.8) is 0 Å². The van der Waals surface area contributed by atoms with Crippen molar-refractivity contribution >= 4 is 11.7 Å². The minimum Gasteiger partial charge on any atom is -0.483 e. The number of carbonyl (C=O) groups excluding carboxylic acids is 2. The van der Waals surface area contributed by atoms with Crippen LogP contribution in [0.3, 0.4) is 0 Å². The Morgan fingerprint density at radius 3 is 2.60 bits per heavy atom. The molecule has 0 atom stereocenters. The number of primary amides is 1. The molecule has 0 heterocycles. The van der Waals surface area contributed by atoms with Gasteiger partial charge in [-0.2, -0.15) is 0 Å². The number of nitrogens with two attached hydrogens (primary N) is 1. The van der Waals surface area contributed by atoms with Crippen LogP contribution >= 0.6 is 0 Å². The SMILES string of the molecule is CCOCCC(=O)COc1ccc(F)c(C(N)=O)c1F. The first-order valence-corrected chi connectivity index (χ1v) is 5.97. The van der Waals surface area contributed by atoms with Crippen molar-refractivity contribution in [3.05, 3.63) is 29.3 Å². The van der Waals surface area contributed by atoms with Gasteiger partial charge in [-0.15, -0.1) is 0 Å². The van der Waals surface area contributed by atoms with Crippen molar-refractivity contribution in [1.82, 2.24) is 0 Å². The third-order valence-corrected chi connectivity index (χ3v) is 2.42. The fourth-order valence-corrected chi connectivity index (χ4v) is 1.43. The number of hydrogen-bond donors (Lipinski definition) is 1. The molecule has 1 amide bonds. The van der Waals surface area contributed by atoms with E-state index in [4.69, 9.17) is 15.2 Å². The van der Waals surface area contributed by atoms with Crippen molar-refractivity contribution in [2.45, 2.75) is 13.3 Å². The van der Waals surface area contributed by atoms with Gasteiger partial charge >= 0.3 is 0 Å². The predicted octanol–water partition coefficient (Wildman–Crippen LogP) is 1.44. The van der Waals surface area contributed by atoms with Gasteiger partial charge in [-0.3, -0.25) is 9.59 Å². The van der Waals surface area contributed by atoms with E-state index in [2.05, 4.69) is 0 Å². The van der Waals surface area contributed by atoms with Gasteiger partial charge in [0.25, 0.3) is 5.91 Å². The molecule has 20 heavy (non-hydrogen) atoms. The molecule has 0 radical (unpaired) electrons. The average Bonchev–Trinajstić information content (AvgIpc) is 2.37. The lowest BCUT2D eigenvalue weighted by Gasteiger charge is -2.09. The third-order valence-electron chi connectivity index (χ3n) is 2.42. The Morgan fingerprint density at radius 1 is 1.30 bits per heavy atom. The number of benzene rings is 1. The van der Waals surface area contributed by atoms with Crippen LogP contribution in [-0.2, 0) is 9.53 Å².